The van der Waals surface area contributed by atoms with Gasteiger partial charge in [-0.1, -0.05) is 11.8 Å². The summed E-state index contributed by atoms with van der Waals surface area (Å²) < 4.78 is 16.6. The Balaban J connectivity index is 1.58. The van der Waals surface area contributed by atoms with Crippen molar-refractivity contribution >= 4 is 17.7 Å². The first kappa shape index (κ1) is 17.2. The number of hydrogen-bond donors (Lipinski definition) is 1. The van der Waals surface area contributed by atoms with Gasteiger partial charge in [-0.05, 0) is 35.9 Å². The zero-order valence-electron chi connectivity index (χ0n) is 13.9. The lowest BCUT2D eigenvalue weighted by Crippen LogP contribution is -2.26. The summed E-state index contributed by atoms with van der Waals surface area (Å²) in [5.41, 5.74) is 1.90. The quantitative estimate of drug-likeness (QED) is 0.542. The van der Waals surface area contributed by atoms with Gasteiger partial charge >= 0.3 is 0 Å². The van der Waals surface area contributed by atoms with Gasteiger partial charge in [-0.3, -0.25) is 9.48 Å². The number of imidazole rings is 1. The molecule has 1 amide bonds. The minimum atomic E-state index is -0.297. The van der Waals surface area contributed by atoms with Crippen LogP contribution in [0.2, 0.25) is 0 Å². The Morgan fingerprint density at radius 2 is 2.04 bits per heavy atom. The molecule has 8 heteroatoms. The van der Waals surface area contributed by atoms with Gasteiger partial charge in [0.1, 0.15) is 5.82 Å². The summed E-state index contributed by atoms with van der Waals surface area (Å²) in [6, 6.07) is 7.80. The third kappa shape index (κ3) is 4.08. The number of thioether (sulfide) groups is 1. The molecule has 1 N–H and O–H groups in total. The van der Waals surface area contributed by atoms with Gasteiger partial charge in [0.25, 0.3) is 5.91 Å². The van der Waals surface area contributed by atoms with Crippen molar-refractivity contribution in [3.05, 3.63) is 54.2 Å². The lowest BCUT2D eigenvalue weighted by atomic mass is 10.1. The number of nitrogens with zero attached hydrogens (tertiary/aromatic N) is 4. The minimum Gasteiger partial charge on any atom is -0.350 e. The smallest absolute Gasteiger partial charge is 0.271 e. The second kappa shape index (κ2) is 7.52. The lowest BCUT2D eigenvalue weighted by Gasteiger charge is -2.03. The Kier molecular flexibility index (Phi) is 5.18. The summed E-state index contributed by atoms with van der Waals surface area (Å²) in [5, 5.41) is 8.00. The van der Waals surface area contributed by atoms with Gasteiger partial charge in [-0.2, -0.15) is 5.10 Å². The van der Waals surface area contributed by atoms with E-state index in [0.29, 0.717) is 18.0 Å². The van der Waals surface area contributed by atoms with Gasteiger partial charge in [-0.25, -0.2) is 9.37 Å². The largest absolute Gasteiger partial charge is 0.350 e. The predicted octanol–water partition coefficient (Wildman–Crippen LogP) is 2.48. The van der Waals surface area contributed by atoms with Crippen molar-refractivity contribution in [2.45, 2.75) is 5.16 Å². The number of nitrogens with one attached hydrogen (secondary N) is 1. The van der Waals surface area contributed by atoms with E-state index in [4.69, 9.17) is 0 Å². The Hall–Kier alpha value is -2.61. The molecule has 3 aromatic rings. The van der Waals surface area contributed by atoms with E-state index < -0.39 is 0 Å². The molecule has 130 valence electrons. The van der Waals surface area contributed by atoms with Gasteiger partial charge in [0.05, 0.1) is 5.69 Å². The highest BCUT2D eigenvalue weighted by Gasteiger charge is 2.13. The summed E-state index contributed by atoms with van der Waals surface area (Å²) in [6.45, 7) is 0.513. The number of aromatic nitrogens is 4. The highest BCUT2D eigenvalue weighted by molar-refractivity contribution is 7.99. The molecule has 0 spiro atoms. The number of halogens is 1. The molecular weight excluding hydrogens is 341 g/mol. The van der Waals surface area contributed by atoms with E-state index in [1.807, 2.05) is 17.8 Å². The zero-order valence-corrected chi connectivity index (χ0v) is 14.8. The summed E-state index contributed by atoms with van der Waals surface area (Å²) in [6.07, 6.45) is 3.62. The van der Waals surface area contributed by atoms with Crippen LogP contribution in [0.25, 0.3) is 11.3 Å². The molecule has 2 heterocycles. The third-order valence-corrected chi connectivity index (χ3v) is 4.71. The standard InChI is InChI=1S/C17H18FN5OS/c1-22-9-7-20-17(22)25-10-8-19-16(24)14-11-15(23(2)21-14)12-3-5-13(18)6-4-12/h3-7,9,11H,8,10H2,1-2H3,(H,19,24). The molecule has 0 bridgehead atoms. The molecule has 1 aromatic carbocycles. The summed E-state index contributed by atoms with van der Waals surface area (Å²) in [4.78, 5) is 16.5. The maximum absolute atomic E-state index is 13.0. The summed E-state index contributed by atoms with van der Waals surface area (Å²) in [5.74, 6) is 0.187. The van der Waals surface area contributed by atoms with Crippen LogP contribution in [-0.2, 0) is 14.1 Å². The molecule has 0 aliphatic rings. The van der Waals surface area contributed by atoms with Gasteiger partial charge < -0.3 is 9.88 Å². The first-order valence-corrected chi connectivity index (χ1v) is 8.71. The molecule has 0 fully saturated rings. The van der Waals surface area contributed by atoms with Crippen LogP contribution in [0.4, 0.5) is 4.39 Å². The number of carbonyl (C=O) groups is 1. The van der Waals surface area contributed by atoms with Gasteiger partial charge in [0.2, 0.25) is 0 Å². The number of amides is 1. The molecule has 25 heavy (non-hydrogen) atoms. The molecule has 0 radical (unpaired) electrons. The SMILES string of the molecule is Cn1ccnc1SCCNC(=O)c1cc(-c2ccc(F)cc2)n(C)n1. The van der Waals surface area contributed by atoms with E-state index in [1.165, 1.54) is 12.1 Å². The molecular formula is C17H18FN5OS. The van der Waals surface area contributed by atoms with Crippen molar-refractivity contribution in [2.75, 3.05) is 12.3 Å². The van der Waals surface area contributed by atoms with E-state index in [0.717, 1.165) is 16.4 Å². The van der Waals surface area contributed by atoms with Crippen molar-refractivity contribution in [3.8, 4) is 11.3 Å². The van der Waals surface area contributed by atoms with Crippen molar-refractivity contribution in [2.24, 2.45) is 14.1 Å². The highest BCUT2D eigenvalue weighted by atomic mass is 32.2. The highest BCUT2D eigenvalue weighted by Crippen LogP contribution is 2.20. The zero-order chi connectivity index (χ0) is 17.8. The fourth-order valence-corrected chi connectivity index (χ4v) is 3.14. The van der Waals surface area contributed by atoms with Crippen LogP contribution in [-0.4, -0.2) is 37.5 Å². The van der Waals surface area contributed by atoms with Crippen LogP contribution >= 0.6 is 11.8 Å². The van der Waals surface area contributed by atoms with Crippen LogP contribution in [0.3, 0.4) is 0 Å². The third-order valence-electron chi connectivity index (χ3n) is 3.65. The Morgan fingerprint density at radius 1 is 1.28 bits per heavy atom. The van der Waals surface area contributed by atoms with Crippen molar-refractivity contribution in [1.82, 2.24) is 24.6 Å². The normalized spacial score (nSPS) is 10.8. The number of benzene rings is 1. The number of rotatable bonds is 6. The number of aryl methyl sites for hydroxylation is 2. The van der Waals surface area contributed by atoms with E-state index in [1.54, 1.807) is 47.9 Å². The van der Waals surface area contributed by atoms with E-state index in [-0.39, 0.29) is 11.7 Å². The van der Waals surface area contributed by atoms with Gasteiger partial charge in [0, 0.05) is 38.8 Å². The lowest BCUT2D eigenvalue weighted by molar-refractivity contribution is 0.0950. The second-order valence-corrected chi connectivity index (χ2v) is 6.53. The molecule has 0 atom stereocenters. The second-order valence-electron chi connectivity index (χ2n) is 5.47. The minimum absolute atomic E-state index is 0.232. The topological polar surface area (TPSA) is 64.7 Å². The molecule has 6 nitrogen and oxygen atoms in total. The summed E-state index contributed by atoms with van der Waals surface area (Å²) >= 11 is 1.57. The average molecular weight is 359 g/mol. The molecule has 3 rings (SSSR count). The van der Waals surface area contributed by atoms with Crippen LogP contribution in [0.15, 0.2) is 47.9 Å². The molecule has 0 aliphatic carbocycles. The van der Waals surface area contributed by atoms with E-state index in [2.05, 4.69) is 15.4 Å². The van der Waals surface area contributed by atoms with Crippen LogP contribution < -0.4 is 5.32 Å². The molecule has 0 aliphatic heterocycles. The predicted molar refractivity (Wildman–Crippen MR) is 94.9 cm³/mol. The molecule has 0 saturated heterocycles. The average Bonchev–Trinajstić information content (AvgIpc) is 3.18. The summed E-state index contributed by atoms with van der Waals surface area (Å²) in [7, 11) is 3.69. The van der Waals surface area contributed by atoms with Crippen molar-refractivity contribution in [3.63, 3.8) is 0 Å². The van der Waals surface area contributed by atoms with Crippen LogP contribution in [0.5, 0.6) is 0 Å². The monoisotopic (exact) mass is 359 g/mol. The maximum atomic E-state index is 13.0. The number of carbonyl (C=O) groups excluding carboxylic acids is 1. The number of hydrogen-bond acceptors (Lipinski definition) is 4. The fourth-order valence-electron chi connectivity index (χ4n) is 2.36. The Bertz CT molecular complexity index is 872. The van der Waals surface area contributed by atoms with Crippen LogP contribution in [0.1, 0.15) is 10.5 Å². The Labute approximate surface area is 149 Å². The first-order valence-electron chi connectivity index (χ1n) is 7.73. The van der Waals surface area contributed by atoms with Gasteiger partial charge in [-0.15, -0.1) is 0 Å². The molecule has 0 saturated carbocycles. The fraction of sp³-hybridized carbons (Fsp3) is 0.235. The van der Waals surface area contributed by atoms with Crippen molar-refractivity contribution < 1.29 is 9.18 Å². The van der Waals surface area contributed by atoms with Crippen molar-refractivity contribution in [1.29, 1.82) is 0 Å². The molecule has 2 aromatic heterocycles. The van der Waals surface area contributed by atoms with Gasteiger partial charge in [0.15, 0.2) is 10.9 Å². The first-order chi connectivity index (χ1) is 12.0. The van der Waals surface area contributed by atoms with E-state index in [9.17, 15) is 9.18 Å². The van der Waals surface area contributed by atoms with E-state index >= 15 is 0 Å². The molecule has 0 unspecified atom stereocenters. The van der Waals surface area contributed by atoms with Crippen LogP contribution in [0, 0.1) is 5.82 Å². The Morgan fingerprint density at radius 3 is 2.72 bits per heavy atom. The maximum Gasteiger partial charge on any atom is 0.271 e.